The third-order valence-corrected chi connectivity index (χ3v) is 3.92. The van der Waals surface area contributed by atoms with Gasteiger partial charge in [-0.3, -0.25) is 0 Å². The summed E-state index contributed by atoms with van der Waals surface area (Å²) >= 11 is 0. The topological polar surface area (TPSA) is 63.2 Å². The molecule has 3 rings (SSSR count). The lowest BCUT2D eigenvalue weighted by Gasteiger charge is -2.21. The van der Waals surface area contributed by atoms with Crippen LogP contribution < -0.4 is 15.0 Å². The van der Waals surface area contributed by atoms with Crippen LogP contribution in [0.1, 0.15) is 26.7 Å². The van der Waals surface area contributed by atoms with Gasteiger partial charge in [0.2, 0.25) is 5.95 Å². The van der Waals surface area contributed by atoms with Gasteiger partial charge in [-0.1, -0.05) is 32.0 Å². The molecule has 0 radical (unpaired) electrons. The molecule has 0 aliphatic heterocycles. The van der Waals surface area contributed by atoms with Crippen molar-refractivity contribution in [3.8, 4) is 11.5 Å². The van der Waals surface area contributed by atoms with E-state index in [0.29, 0.717) is 11.8 Å². The molecule has 1 N–H and O–H groups in total. The molecule has 0 saturated carbocycles. The van der Waals surface area contributed by atoms with Crippen LogP contribution in [0.2, 0.25) is 0 Å². The van der Waals surface area contributed by atoms with Crippen molar-refractivity contribution in [2.45, 2.75) is 26.7 Å². The molecule has 0 bridgehead atoms. The van der Waals surface area contributed by atoms with E-state index in [-0.39, 0.29) is 0 Å². The minimum absolute atomic E-state index is 0.660. The zero-order valence-electron chi connectivity index (χ0n) is 15.8. The van der Waals surface area contributed by atoms with Gasteiger partial charge in [-0.15, -0.1) is 5.10 Å². The number of benzene rings is 2. The number of aromatic nitrogens is 3. The standard InChI is InChI=1S/C21H25N5O/c1-3-14-26(15-4-2)21-24-20(16-22-25-21)23-17-10-12-19(13-11-17)27-18-8-6-5-7-9-18/h5-13,16H,3-4,14-15H2,1-2H3,(H,23,24,25). The monoisotopic (exact) mass is 363 g/mol. The largest absolute Gasteiger partial charge is 0.457 e. The Hall–Kier alpha value is -3.15. The summed E-state index contributed by atoms with van der Waals surface area (Å²) in [5.74, 6) is 2.93. The van der Waals surface area contributed by atoms with E-state index in [9.17, 15) is 0 Å². The van der Waals surface area contributed by atoms with Crippen molar-refractivity contribution in [1.29, 1.82) is 0 Å². The summed E-state index contributed by atoms with van der Waals surface area (Å²) in [6.07, 6.45) is 3.72. The van der Waals surface area contributed by atoms with Crippen LogP contribution in [0.15, 0.2) is 60.8 Å². The van der Waals surface area contributed by atoms with Gasteiger partial charge < -0.3 is 15.0 Å². The van der Waals surface area contributed by atoms with Crippen LogP contribution in [-0.2, 0) is 0 Å². The molecule has 1 aromatic heterocycles. The third-order valence-electron chi connectivity index (χ3n) is 3.92. The van der Waals surface area contributed by atoms with Crippen LogP contribution in [0.3, 0.4) is 0 Å². The van der Waals surface area contributed by atoms with Gasteiger partial charge in [-0.05, 0) is 49.2 Å². The van der Waals surface area contributed by atoms with E-state index in [4.69, 9.17) is 4.74 Å². The van der Waals surface area contributed by atoms with E-state index in [2.05, 4.69) is 39.2 Å². The molecule has 0 unspecified atom stereocenters. The summed E-state index contributed by atoms with van der Waals surface area (Å²) in [4.78, 5) is 6.77. The van der Waals surface area contributed by atoms with Crippen LogP contribution >= 0.6 is 0 Å². The molecule has 0 aliphatic rings. The van der Waals surface area contributed by atoms with Gasteiger partial charge in [-0.2, -0.15) is 10.1 Å². The number of hydrogen-bond acceptors (Lipinski definition) is 6. The smallest absolute Gasteiger partial charge is 0.247 e. The van der Waals surface area contributed by atoms with Crippen molar-refractivity contribution in [2.75, 3.05) is 23.3 Å². The van der Waals surface area contributed by atoms with Gasteiger partial charge in [0.1, 0.15) is 11.5 Å². The second kappa shape index (κ2) is 9.52. The van der Waals surface area contributed by atoms with Crippen LogP contribution in [-0.4, -0.2) is 28.3 Å². The first-order valence-corrected chi connectivity index (χ1v) is 9.33. The lowest BCUT2D eigenvalue weighted by molar-refractivity contribution is 0.483. The molecule has 140 valence electrons. The first-order valence-electron chi connectivity index (χ1n) is 9.33. The van der Waals surface area contributed by atoms with E-state index in [1.807, 2.05) is 54.6 Å². The molecule has 0 aliphatic carbocycles. The minimum atomic E-state index is 0.660. The Balaban J connectivity index is 1.67. The normalized spacial score (nSPS) is 10.4. The fraction of sp³-hybridized carbons (Fsp3) is 0.286. The van der Waals surface area contributed by atoms with Crippen LogP contribution in [0.5, 0.6) is 11.5 Å². The molecule has 0 fully saturated rings. The molecule has 0 saturated heterocycles. The molecule has 6 heteroatoms. The molecule has 0 amide bonds. The number of hydrogen-bond donors (Lipinski definition) is 1. The second-order valence-corrected chi connectivity index (χ2v) is 6.19. The van der Waals surface area contributed by atoms with Crippen LogP contribution in [0, 0.1) is 0 Å². The Kier molecular flexibility index (Phi) is 6.57. The molecular weight excluding hydrogens is 338 g/mol. The molecular formula is C21H25N5O. The number of ether oxygens (including phenoxy) is 1. The van der Waals surface area contributed by atoms with E-state index in [1.165, 1.54) is 0 Å². The molecule has 0 spiro atoms. The highest BCUT2D eigenvalue weighted by Gasteiger charge is 2.09. The Morgan fingerprint density at radius 2 is 1.56 bits per heavy atom. The SMILES string of the molecule is CCCN(CCC)c1nncc(Nc2ccc(Oc3ccccc3)cc2)n1. The lowest BCUT2D eigenvalue weighted by Crippen LogP contribution is -2.27. The molecule has 3 aromatic rings. The van der Waals surface area contributed by atoms with Crippen molar-refractivity contribution in [1.82, 2.24) is 15.2 Å². The van der Waals surface area contributed by atoms with Crippen molar-refractivity contribution in [3.63, 3.8) is 0 Å². The van der Waals surface area contributed by atoms with E-state index in [0.717, 1.165) is 43.1 Å². The molecule has 6 nitrogen and oxygen atoms in total. The van der Waals surface area contributed by atoms with Gasteiger partial charge >= 0.3 is 0 Å². The van der Waals surface area contributed by atoms with Crippen LogP contribution in [0.25, 0.3) is 0 Å². The summed E-state index contributed by atoms with van der Waals surface area (Å²) in [6, 6.07) is 17.5. The number of nitrogens with one attached hydrogen (secondary N) is 1. The maximum atomic E-state index is 5.82. The average molecular weight is 363 g/mol. The Morgan fingerprint density at radius 3 is 2.22 bits per heavy atom. The quantitative estimate of drug-likeness (QED) is 0.575. The number of rotatable bonds is 9. The number of anilines is 3. The highest BCUT2D eigenvalue weighted by molar-refractivity contribution is 5.57. The first kappa shape index (κ1) is 18.6. The third kappa shape index (κ3) is 5.41. The number of nitrogens with zero attached hydrogens (tertiary/aromatic N) is 4. The lowest BCUT2D eigenvalue weighted by atomic mass is 10.3. The highest BCUT2D eigenvalue weighted by Crippen LogP contribution is 2.24. The Morgan fingerprint density at radius 1 is 0.889 bits per heavy atom. The fourth-order valence-electron chi connectivity index (χ4n) is 2.72. The summed E-state index contributed by atoms with van der Waals surface area (Å²) in [6.45, 7) is 6.14. The molecule has 1 heterocycles. The predicted molar refractivity (Wildman–Crippen MR) is 109 cm³/mol. The predicted octanol–water partition coefficient (Wildman–Crippen LogP) is 5.03. The van der Waals surface area contributed by atoms with E-state index < -0.39 is 0 Å². The van der Waals surface area contributed by atoms with Crippen molar-refractivity contribution < 1.29 is 4.74 Å². The minimum Gasteiger partial charge on any atom is -0.457 e. The Labute approximate surface area is 160 Å². The first-order chi connectivity index (χ1) is 13.3. The maximum absolute atomic E-state index is 5.82. The number of para-hydroxylation sites is 1. The summed E-state index contributed by atoms with van der Waals surface area (Å²) in [5.41, 5.74) is 0.916. The van der Waals surface area contributed by atoms with Crippen molar-refractivity contribution >= 4 is 17.5 Å². The fourth-order valence-corrected chi connectivity index (χ4v) is 2.72. The van der Waals surface area contributed by atoms with Crippen molar-refractivity contribution in [2.24, 2.45) is 0 Å². The average Bonchev–Trinajstić information content (AvgIpc) is 2.70. The van der Waals surface area contributed by atoms with E-state index >= 15 is 0 Å². The zero-order valence-corrected chi connectivity index (χ0v) is 15.8. The van der Waals surface area contributed by atoms with Gasteiger partial charge in [0, 0.05) is 18.8 Å². The van der Waals surface area contributed by atoms with Crippen molar-refractivity contribution in [3.05, 3.63) is 60.8 Å². The van der Waals surface area contributed by atoms with Gasteiger partial charge in [0.25, 0.3) is 0 Å². The zero-order chi connectivity index (χ0) is 18.9. The van der Waals surface area contributed by atoms with Gasteiger partial charge in [-0.25, -0.2) is 0 Å². The van der Waals surface area contributed by atoms with E-state index in [1.54, 1.807) is 6.20 Å². The molecule has 2 aromatic carbocycles. The second-order valence-electron chi connectivity index (χ2n) is 6.19. The summed E-state index contributed by atoms with van der Waals surface area (Å²) in [7, 11) is 0. The Bertz CT molecular complexity index is 817. The molecule has 27 heavy (non-hydrogen) atoms. The maximum Gasteiger partial charge on any atom is 0.247 e. The molecule has 0 atom stereocenters. The van der Waals surface area contributed by atoms with Gasteiger partial charge in [0.15, 0.2) is 5.82 Å². The van der Waals surface area contributed by atoms with Crippen LogP contribution in [0.4, 0.5) is 17.5 Å². The highest BCUT2D eigenvalue weighted by atomic mass is 16.5. The summed E-state index contributed by atoms with van der Waals surface area (Å²) < 4.78 is 5.82. The summed E-state index contributed by atoms with van der Waals surface area (Å²) in [5, 5.41) is 11.6. The van der Waals surface area contributed by atoms with Gasteiger partial charge in [0.05, 0.1) is 6.20 Å².